The molecule has 27 heavy (non-hydrogen) atoms. The van der Waals surface area contributed by atoms with Crippen LogP contribution in [0.4, 0.5) is 0 Å². The van der Waals surface area contributed by atoms with Crippen molar-refractivity contribution in [2.75, 3.05) is 11.5 Å². The molecule has 4 rings (SSSR count). The molecule has 0 bridgehead atoms. The Hall–Kier alpha value is -2.04. The van der Waals surface area contributed by atoms with Crippen LogP contribution in [0.5, 0.6) is 0 Å². The second-order valence-electron chi connectivity index (χ2n) is 6.67. The molecule has 1 aliphatic rings. The molecule has 1 saturated heterocycles. The van der Waals surface area contributed by atoms with Crippen molar-refractivity contribution in [2.24, 2.45) is 0 Å². The largest absolute Gasteiger partial charge is 0.468 e. The second kappa shape index (κ2) is 7.17. The summed E-state index contributed by atoms with van der Waals surface area (Å²) in [5.74, 6) is 1.06. The van der Waals surface area contributed by atoms with Crippen molar-refractivity contribution in [3.63, 3.8) is 0 Å². The normalized spacial score (nSPS) is 19.3. The van der Waals surface area contributed by atoms with E-state index < -0.39 is 9.84 Å². The number of rotatable bonds is 6. The van der Waals surface area contributed by atoms with Gasteiger partial charge in [0.1, 0.15) is 10.8 Å². The van der Waals surface area contributed by atoms with Crippen molar-refractivity contribution < 1.29 is 12.8 Å². The number of furan rings is 1. The molecule has 3 aromatic rings. The molecule has 144 valence electrons. The van der Waals surface area contributed by atoms with Gasteiger partial charge in [0, 0.05) is 18.7 Å². The highest BCUT2D eigenvalue weighted by atomic mass is 32.2. The highest BCUT2D eigenvalue weighted by Gasteiger charge is 2.33. The van der Waals surface area contributed by atoms with Crippen LogP contribution in [-0.4, -0.2) is 45.5 Å². The van der Waals surface area contributed by atoms with Gasteiger partial charge >= 0.3 is 0 Å². The third-order valence-electron chi connectivity index (χ3n) is 4.67. The van der Waals surface area contributed by atoms with Crippen LogP contribution in [0.1, 0.15) is 29.8 Å². The first-order valence-corrected chi connectivity index (χ1v) is 11.4. The van der Waals surface area contributed by atoms with Gasteiger partial charge in [0.15, 0.2) is 9.84 Å². The summed E-state index contributed by atoms with van der Waals surface area (Å²) in [5.41, 5.74) is 0.394. The molecular formula is C17H20N4O4S2. The summed E-state index contributed by atoms with van der Waals surface area (Å²) in [5, 5.41) is 5.11. The number of hydrogen-bond donors (Lipinski definition) is 0. The third-order valence-corrected chi connectivity index (χ3v) is 7.47. The van der Waals surface area contributed by atoms with Crippen LogP contribution in [0.3, 0.4) is 0 Å². The van der Waals surface area contributed by atoms with E-state index in [4.69, 9.17) is 4.42 Å². The average Bonchev–Trinajstić information content (AvgIpc) is 3.33. The van der Waals surface area contributed by atoms with E-state index in [1.165, 1.54) is 21.9 Å². The van der Waals surface area contributed by atoms with Gasteiger partial charge in [-0.15, -0.1) is 0 Å². The van der Waals surface area contributed by atoms with Crippen molar-refractivity contribution in [1.82, 2.24) is 19.5 Å². The topological polar surface area (TPSA) is 97.8 Å². The van der Waals surface area contributed by atoms with E-state index in [0.29, 0.717) is 30.2 Å². The zero-order valence-electron chi connectivity index (χ0n) is 14.9. The molecule has 1 atom stereocenters. The van der Waals surface area contributed by atoms with Gasteiger partial charge in [-0.05, 0) is 25.0 Å². The lowest BCUT2D eigenvalue weighted by atomic mass is 10.2. The first kappa shape index (κ1) is 18.3. The maximum Gasteiger partial charge on any atom is 0.275 e. The van der Waals surface area contributed by atoms with E-state index in [-0.39, 0.29) is 23.1 Å². The molecule has 0 radical (unpaired) electrons. The van der Waals surface area contributed by atoms with Crippen LogP contribution in [0, 0.1) is 0 Å². The molecule has 0 N–H and O–H groups in total. The van der Waals surface area contributed by atoms with Crippen LogP contribution < -0.4 is 5.56 Å². The standard InChI is InChI=1S/C17H20N4O4S2/c1-2-15-19-21-16(22)8-12(18-17(21)26-15)9-20(10-14-4-3-6-25-14)13-5-7-27(23,24)11-13/h3-4,6,8,13H,2,5,7,9-11H2,1H3. The highest BCUT2D eigenvalue weighted by molar-refractivity contribution is 7.91. The first-order valence-electron chi connectivity index (χ1n) is 8.79. The summed E-state index contributed by atoms with van der Waals surface area (Å²) >= 11 is 1.40. The Balaban J connectivity index is 1.64. The molecule has 1 fully saturated rings. The minimum absolute atomic E-state index is 0.118. The lowest BCUT2D eigenvalue weighted by molar-refractivity contribution is 0.177. The van der Waals surface area contributed by atoms with Crippen LogP contribution in [-0.2, 0) is 29.3 Å². The van der Waals surface area contributed by atoms with E-state index >= 15 is 0 Å². The summed E-state index contributed by atoms with van der Waals surface area (Å²) in [7, 11) is -3.02. The Morgan fingerprint density at radius 2 is 2.26 bits per heavy atom. The quantitative estimate of drug-likeness (QED) is 0.609. The summed E-state index contributed by atoms with van der Waals surface area (Å²) in [6.07, 6.45) is 2.91. The first-order chi connectivity index (χ1) is 12.9. The molecule has 0 saturated carbocycles. The predicted molar refractivity (Wildman–Crippen MR) is 102 cm³/mol. The molecule has 1 unspecified atom stereocenters. The van der Waals surface area contributed by atoms with Gasteiger partial charge in [-0.1, -0.05) is 18.3 Å². The molecule has 0 aliphatic carbocycles. The van der Waals surface area contributed by atoms with E-state index in [2.05, 4.69) is 10.1 Å². The molecule has 0 amide bonds. The van der Waals surface area contributed by atoms with Gasteiger partial charge in [0.05, 0.1) is 30.0 Å². The van der Waals surface area contributed by atoms with Crippen molar-refractivity contribution in [3.8, 4) is 0 Å². The van der Waals surface area contributed by atoms with Gasteiger partial charge in [-0.2, -0.15) is 9.61 Å². The fourth-order valence-electron chi connectivity index (χ4n) is 3.31. The summed E-state index contributed by atoms with van der Waals surface area (Å²) < 4.78 is 30.6. The Kier molecular flexibility index (Phi) is 4.87. The lowest BCUT2D eigenvalue weighted by Gasteiger charge is -2.26. The van der Waals surface area contributed by atoms with Crippen molar-refractivity contribution in [2.45, 2.75) is 38.9 Å². The number of hydrogen-bond acceptors (Lipinski definition) is 8. The fraction of sp³-hybridized carbons (Fsp3) is 0.471. The highest BCUT2D eigenvalue weighted by Crippen LogP contribution is 2.22. The van der Waals surface area contributed by atoms with Gasteiger partial charge in [-0.25, -0.2) is 13.4 Å². The van der Waals surface area contributed by atoms with Crippen LogP contribution in [0.2, 0.25) is 0 Å². The maximum atomic E-state index is 12.4. The van der Waals surface area contributed by atoms with Crippen molar-refractivity contribution >= 4 is 26.1 Å². The Bertz CT molecular complexity index is 1100. The smallest absolute Gasteiger partial charge is 0.275 e. The Labute approximate surface area is 160 Å². The Morgan fingerprint density at radius 1 is 1.41 bits per heavy atom. The number of aryl methyl sites for hydroxylation is 1. The van der Waals surface area contributed by atoms with Crippen molar-refractivity contribution in [1.29, 1.82) is 0 Å². The van der Waals surface area contributed by atoms with E-state index in [9.17, 15) is 13.2 Å². The molecule has 0 aromatic carbocycles. The zero-order valence-corrected chi connectivity index (χ0v) is 16.5. The van der Waals surface area contributed by atoms with Gasteiger partial charge in [0.25, 0.3) is 5.56 Å². The summed E-state index contributed by atoms with van der Waals surface area (Å²) in [6, 6.07) is 5.02. The second-order valence-corrected chi connectivity index (χ2v) is 9.94. The van der Waals surface area contributed by atoms with E-state index in [1.807, 2.05) is 17.9 Å². The molecule has 10 heteroatoms. The van der Waals surface area contributed by atoms with Crippen LogP contribution in [0.25, 0.3) is 4.96 Å². The number of aromatic nitrogens is 3. The summed E-state index contributed by atoms with van der Waals surface area (Å²) in [6.45, 7) is 2.83. The van der Waals surface area contributed by atoms with E-state index in [0.717, 1.165) is 17.2 Å². The molecule has 3 aromatic heterocycles. The van der Waals surface area contributed by atoms with E-state index in [1.54, 1.807) is 12.3 Å². The lowest BCUT2D eigenvalue weighted by Crippen LogP contribution is -2.36. The fourth-order valence-corrected chi connectivity index (χ4v) is 5.93. The summed E-state index contributed by atoms with van der Waals surface area (Å²) in [4.78, 5) is 19.6. The van der Waals surface area contributed by atoms with Gasteiger partial charge < -0.3 is 4.42 Å². The van der Waals surface area contributed by atoms with Crippen molar-refractivity contribution in [3.05, 3.63) is 51.3 Å². The minimum Gasteiger partial charge on any atom is -0.468 e. The number of sulfone groups is 1. The average molecular weight is 409 g/mol. The third kappa shape index (κ3) is 3.97. The predicted octanol–water partition coefficient (Wildman–Crippen LogP) is 1.50. The molecule has 4 heterocycles. The van der Waals surface area contributed by atoms with Gasteiger partial charge in [-0.3, -0.25) is 9.69 Å². The zero-order chi connectivity index (χ0) is 19.0. The van der Waals surface area contributed by atoms with Gasteiger partial charge in [0.2, 0.25) is 4.96 Å². The number of fused-ring (bicyclic) bond motifs is 1. The van der Waals surface area contributed by atoms with Crippen LogP contribution in [0.15, 0.2) is 33.7 Å². The Morgan fingerprint density at radius 3 is 2.93 bits per heavy atom. The molecule has 1 aliphatic heterocycles. The maximum absolute atomic E-state index is 12.4. The monoisotopic (exact) mass is 408 g/mol. The minimum atomic E-state index is -3.02. The van der Waals surface area contributed by atoms with Crippen LogP contribution >= 0.6 is 11.3 Å². The molecule has 8 nitrogen and oxygen atoms in total. The SMILES string of the molecule is CCc1nn2c(=O)cc(CN(Cc3ccco3)C3CCS(=O)(=O)C3)nc2s1. The molecule has 0 spiro atoms. The molecular weight excluding hydrogens is 388 g/mol. The number of nitrogens with zero attached hydrogens (tertiary/aromatic N) is 4.